The minimum Gasteiger partial charge on any atom is -0.444 e. The van der Waals surface area contributed by atoms with Gasteiger partial charge < -0.3 is 9.73 Å². The molecule has 1 aromatic carbocycles. The molecule has 2 aromatic heterocycles. The highest BCUT2D eigenvalue weighted by Crippen LogP contribution is 2.22. The molecule has 0 saturated heterocycles. The van der Waals surface area contributed by atoms with Gasteiger partial charge in [-0.15, -0.1) is 5.10 Å². The Morgan fingerprint density at radius 2 is 2.33 bits per heavy atom. The number of hydrogen-bond donors (Lipinski definition) is 1. The van der Waals surface area contributed by atoms with E-state index in [0.717, 1.165) is 22.7 Å². The van der Waals surface area contributed by atoms with Crippen LogP contribution in [0.15, 0.2) is 46.7 Å². The Balaban J connectivity index is 1.75. The highest BCUT2D eigenvalue weighted by Gasteiger charge is 2.02. The van der Waals surface area contributed by atoms with Crippen LogP contribution in [0.3, 0.4) is 0 Å². The third-order valence-corrected chi connectivity index (χ3v) is 3.01. The summed E-state index contributed by atoms with van der Waals surface area (Å²) < 4.78 is 9.09. The SMILES string of the molecule is c1cc(NCc2csnn2)cc(-c2cnco2)c1. The summed E-state index contributed by atoms with van der Waals surface area (Å²) in [4.78, 5) is 3.91. The molecule has 0 aliphatic heterocycles. The number of aromatic nitrogens is 3. The molecule has 3 rings (SSSR count). The number of oxazole rings is 1. The molecular weight excluding hydrogens is 248 g/mol. The van der Waals surface area contributed by atoms with Crippen LogP contribution in [0.25, 0.3) is 11.3 Å². The van der Waals surface area contributed by atoms with Gasteiger partial charge in [-0.3, -0.25) is 0 Å². The molecule has 0 fully saturated rings. The van der Waals surface area contributed by atoms with Crippen molar-refractivity contribution in [3.8, 4) is 11.3 Å². The van der Waals surface area contributed by atoms with Crippen LogP contribution >= 0.6 is 11.5 Å². The molecule has 0 aliphatic rings. The average Bonchev–Trinajstić information content (AvgIpc) is 3.10. The standard InChI is InChI=1S/C12H10N4OS/c1-2-9(12-6-13-8-17-12)4-10(3-1)14-5-11-7-18-16-15-11/h1-4,6-8,14H,5H2. The predicted molar refractivity (Wildman–Crippen MR) is 69.2 cm³/mol. The van der Waals surface area contributed by atoms with E-state index >= 15 is 0 Å². The summed E-state index contributed by atoms with van der Waals surface area (Å²) in [5.41, 5.74) is 2.94. The van der Waals surface area contributed by atoms with Crippen LogP contribution < -0.4 is 5.32 Å². The van der Waals surface area contributed by atoms with E-state index in [1.807, 2.05) is 29.6 Å². The summed E-state index contributed by atoms with van der Waals surface area (Å²) in [6, 6.07) is 7.97. The normalized spacial score (nSPS) is 10.4. The van der Waals surface area contributed by atoms with E-state index < -0.39 is 0 Å². The van der Waals surface area contributed by atoms with E-state index in [0.29, 0.717) is 6.54 Å². The van der Waals surface area contributed by atoms with Gasteiger partial charge in [0.2, 0.25) is 0 Å². The Morgan fingerprint density at radius 1 is 1.33 bits per heavy atom. The van der Waals surface area contributed by atoms with Gasteiger partial charge in [-0.2, -0.15) is 0 Å². The van der Waals surface area contributed by atoms with E-state index in [9.17, 15) is 0 Å². The average molecular weight is 258 g/mol. The van der Waals surface area contributed by atoms with Gasteiger partial charge in [0.25, 0.3) is 0 Å². The summed E-state index contributed by atoms with van der Waals surface area (Å²) in [7, 11) is 0. The molecule has 0 bridgehead atoms. The molecule has 1 N–H and O–H groups in total. The molecule has 0 radical (unpaired) electrons. The number of hydrogen-bond acceptors (Lipinski definition) is 6. The first-order valence-electron chi connectivity index (χ1n) is 5.40. The number of rotatable bonds is 4. The Bertz CT molecular complexity index is 607. The van der Waals surface area contributed by atoms with Crippen molar-refractivity contribution in [3.63, 3.8) is 0 Å². The van der Waals surface area contributed by atoms with Gasteiger partial charge >= 0.3 is 0 Å². The van der Waals surface area contributed by atoms with Crippen molar-refractivity contribution in [2.45, 2.75) is 6.54 Å². The van der Waals surface area contributed by atoms with Crippen molar-refractivity contribution >= 4 is 17.2 Å². The van der Waals surface area contributed by atoms with E-state index in [-0.39, 0.29) is 0 Å². The van der Waals surface area contributed by atoms with Gasteiger partial charge in [0.1, 0.15) is 0 Å². The maximum absolute atomic E-state index is 5.27. The second-order valence-corrected chi connectivity index (χ2v) is 4.31. The molecule has 90 valence electrons. The van der Waals surface area contributed by atoms with E-state index in [4.69, 9.17) is 4.42 Å². The molecule has 2 heterocycles. The fraction of sp³-hybridized carbons (Fsp3) is 0.0833. The highest BCUT2D eigenvalue weighted by atomic mass is 32.1. The van der Waals surface area contributed by atoms with Crippen LogP contribution in [-0.4, -0.2) is 14.6 Å². The lowest BCUT2D eigenvalue weighted by atomic mass is 10.1. The van der Waals surface area contributed by atoms with Gasteiger partial charge in [0.05, 0.1) is 18.4 Å². The van der Waals surface area contributed by atoms with Gasteiger partial charge in [-0.25, -0.2) is 4.98 Å². The number of nitrogens with one attached hydrogen (secondary N) is 1. The number of benzene rings is 1. The molecule has 0 amide bonds. The van der Waals surface area contributed by atoms with Crippen LogP contribution in [0.1, 0.15) is 5.69 Å². The maximum atomic E-state index is 5.27. The predicted octanol–water partition coefficient (Wildman–Crippen LogP) is 2.81. The Morgan fingerprint density at radius 3 is 3.11 bits per heavy atom. The number of anilines is 1. The minimum absolute atomic E-state index is 0.663. The van der Waals surface area contributed by atoms with Gasteiger partial charge in [0, 0.05) is 16.6 Å². The highest BCUT2D eigenvalue weighted by molar-refractivity contribution is 7.03. The van der Waals surface area contributed by atoms with E-state index in [1.54, 1.807) is 6.20 Å². The Kier molecular flexibility index (Phi) is 3.01. The lowest BCUT2D eigenvalue weighted by Crippen LogP contribution is -1.99. The van der Waals surface area contributed by atoms with Crippen molar-refractivity contribution in [3.05, 3.63) is 47.9 Å². The smallest absolute Gasteiger partial charge is 0.181 e. The summed E-state index contributed by atoms with van der Waals surface area (Å²) in [6.45, 7) is 0.663. The lowest BCUT2D eigenvalue weighted by Gasteiger charge is -2.05. The first-order chi connectivity index (χ1) is 8.92. The molecule has 3 aromatic rings. The quantitative estimate of drug-likeness (QED) is 0.779. The van der Waals surface area contributed by atoms with Crippen molar-refractivity contribution in [2.75, 3.05) is 5.32 Å². The zero-order chi connectivity index (χ0) is 12.2. The van der Waals surface area contributed by atoms with Crippen molar-refractivity contribution in [1.82, 2.24) is 14.6 Å². The summed E-state index contributed by atoms with van der Waals surface area (Å²) in [6.07, 6.45) is 3.12. The molecule has 0 atom stereocenters. The summed E-state index contributed by atoms with van der Waals surface area (Å²) in [5, 5.41) is 9.20. The van der Waals surface area contributed by atoms with Crippen LogP contribution in [0, 0.1) is 0 Å². The Hall–Kier alpha value is -2.21. The minimum atomic E-state index is 0.663. The molecule has 6 heteroatoms. The zero-order valence-corrected chi connectivity index (χ0v) is 10.2. The van der Waals surface area contributed by atoms with Gasteiger partial charge in [-0.05, 0) is 23.7 Å². The van der Waals surface area contributed by atoms with Crippen molar-refractivity contribution in [1.29, 1.82) is 0 Å². The fourth-order valence-electron chi connectivity index (χ4n) is 1.59. The number of nitrogens with zero attached hydrogens (tertiary/aromatic N) is 3. The van der Waals surface area contributed by atoms with E-state index in [1.165, 1.54) is 17.9 Å². The molecule has 5 nitrogen and oxygen atoms in total. The third kappa shape index (κ3) is 2.38. The first kappa shape index (κ1) is 10.9. The maximum Gasteiger partial charge on any atom is 0.181 e. The molecule has 18 heavy (non-hydrogen) atoms. The monoisotopic (exact) mass is 258 g/mol. The summed E-state index contributed by atoms with van der Waals surface area (Å²) in [5.74, 6) is 0.758. The zero-order valence-electron chi connectivity index (χ0n) is 9.41. The van der Waals surface area contributed by atoms with Crippen LogP contribution in [0.2, 0.25) is 0 Å². The van der Waals surface area contributed by atoms with Crippen LogP contribution in [0.4, 0.5) is 5.69 Å². The molecule has 0 unspecified atom stereocenters. The Labute approximate surface area is 108 Å². The fourth-order valence-corrected chi connectivity index (χ4v) is 2.05. The third-order valence-electron chi connectivity index (χ3n) is 2.46. The largest absolute Gasteiger partial charge is 0.444 e. The van der Waals surface area contributed by atoms with Crippen molar-refractivity contribution < 1.29 is 4.42 Å². The summed E-state index contributed by atoms with van der Waals surface area (Å²) >= 11 is 1.35. The lowest BCUT2D eigenvalue weighted by molar-refractivity contribution is 0.572. The first-order valence-corrected chi connectivity index (χ1v) is 6.24. The molecular formula is C12H10N4OS. The van der Waals surface area contributed by atoms with Crippen LogP contribution in [-0.2, 0) is 6.54 Å². The van der Waals surface area contributed by atoms with Gasteiger partial charge in [0.15, 0.2) is 12.2 Å². The topological polar surface area (TPSA) is 63.8 Å². The second kappa shape index (κ2) is 4.97. The second-order valence-electron chi connectivity index (χ2n) is 3.70. The van der Waals surface area contributed by atoms with Gasteiger partial charge in [-0.1, -0.05) is 16.6 Å². The van der Waals surface area contributed by atoms with E-state index in [2.05, 4.69) is 19.9 Å². The van der Waals surface area contributed by atoms with Crippen molar-refractivity contribution in [2.24, 2.45) is 0 Å². The molecule has 0 aliphatic carbocycles. The molecule has 0 saturated carbocycles. The van der Waals surface area contributed by atoms with Crippen LogP contribution in [0.5, 0.6) is 0 Å². The molecule has 0 spiro atoms.